The van der Waals surface area contributed by atoms with E-state index in [4.69, 9.17) is 11.3 Å². The highest BCUT2D eigenvalue weighted by atomic mass is 16.5. The topological polar surface area (TPSA) is 33.9 Å². The predicted molar refractivity (Wildman–Crippen MR) is 48.1 cm³/mol. The normalized spacial score (nSPS) is 16.8. The molecule has 1 aliphatic rings. The molecule has 0 aromatic carbocycles. The number of nitrogens with zero attached hydrogens (tertiary/aromatic N) is 2. The van der Waals surface area contributed by atoms with Crippen molar-refractivity contribution in [2.75, 3.05) is 32.8 Å². The van der Waals surface area contributed by atoms with E-state index in [9.17, 15) is 4.79 Å². The smallest absolute Gasteiger partial charge is 0.387 e. The summed E-state index contributed by atoms with van der Waals surface area (Å²) in [7, 11) is 0. The summed E-state index contributed by atoms with van der Waals surface area (Å²) in [5.74, 6) is -0.408. The number of likely N-dealkylation sites (tertiary alicyclic amines) is 1. The Balaban J connectivity index is 2.00. The Labute approximate surface area is 78.3 Å². The van der Waals surface area contributed by atoms with Crippen molar-refractivity contribution < 1.29 is 9.53 Å². The van der Waals surface area contributed by atoms with Gasteiger partial charge in [-0.05, 0) is 25.9 Å². The number of hydrogen-bond donors (Lipinski definition) is 0. The summed E-state index contributed by atoms with van der Waals surface area (Å²) in [6.45, 7) is 9.75. The lowest BCUT2D eigenvalue weighted by atomic mass is 10.4. The largest absolute Gasteiger partial charge is 0.459 e. The van der Waals surface area contributed by atoms with Crippen LogP contribution in [-0.2, 0) is 9.53 Å². The zero-order valence-corrected chi connectivity index (χ0v) is 7.66. The first-order valence-electron chi connectivity index (χ1n) is 4.54. The molecular weight excluding hydrogens is 168 g/mol. The summed E-state index contributed by atoms with van der Waals surface area (Å²) in [5.41, 5.74) is 0. The molecule has 0 aromatic heterocycles. The van der Waals surface area contributed by atoms with Gasteiger partial charge in [-0.15, -0.1) is 0 Å². The third-order valence-electron chi connectivity index (χ3n) is 2.08. The molecule has 0 N–H and O–H groups in total. The second-order valence-electron chi connectivity index (χ2n) is 3.09. The van der Waals surface area contributed by atoms with E-state index in [1.165, 1.54) is 12.8 Å². The Kier molecular flexibility index (Phi) is 4.27. The molecule has 1 rings (SSSR count). The molecule has 1 heterocycles. The Morgan fingerprint density at radius 3 is 2.77 bits per heavy atom. The van der Waals surface area contributed by atoms with Crippen LogP contribution in [0.15, 0.2) is 0 Å². The summed E-state index contributed by atoms with van der Waals surface area (Å²) >= 11 is 0. The molecule has 0 bridgehead atoms. The second-order valence-corrected chi connectivity index (χ2v) is 3.09. The first kappa shape index (κ1) is 10.0. The van der Waals surface area contributed by atoms with Crippen molar-refractivity contribution in [1.82, 2.24) is 4.90 Å². The average Bonchev–Trinajstić information content (AvgIpc) is 2.57. The van der Waals surface area contributed by atoms with Gasteiger partial charge in [0.15, 0.2) is 0 Å². The minimum Gasteiger partial charge on any atom is -0.459 e. The number of carbonyl (C=O) groups is 1. The molecule has 4 nitrogen and oxygen atoms in total. The van der Waals surface area contributed by atoms with E-state index in [1.807, 2.05) is 0 Å². The van der Waals surface area contributed by atoms with Crippen molar-refractivity contribution in [2.24, 2.45) is 0 Å². The standard InChI is InChI=1S/C9H14N2O2/c1-10-8-9(12)13-7-6-11-4-2-3-5-11/h2-8H2. The Bertz CT molecular complexity index is 204. The van der Waals surface area contributed by atoms with Gasteiger partial charge < -0.3 is 9.58 Å². The monoisotopic (exact) mass is 182 g/mol. The number of carbonyl (C=O) groups excluding carboxylic acids is 1. The van der Waals surface area contributed by atoms with Gasteiger partial charge >= 0.3 is 12.5 Å². The van der Waals surface area contributed by atoms with Gasteiger partial charge in [-0.25, -0.2) is 11.4 Å². The lowest BCUT2D eigenvalue weighted by molar-refractivity contribution is -0.141. The fourth-order valence-corrected chi connectivity index (χ4v) is 1.41. The molecule has 0 spiro atoms. The molecule has 1 aliphatic heterocycles. The highest BCUT2D eigenvalue weighted by Crippen LogP contribution is 2.05. The van der Waals surface area contributed by atoms with E-state index in [-0.39, 0.29) is 6.54 Å². The highest BCUT2D eigenvalue weighted by Gasteiger charge is 2.12. The maximum atomic E-state index is 10.8. The summed E-state index contributed by atoms with van der Waals surface area (Å²) in [5, 5.41) is 0. The Hall–Kier alpha value is -1.08. The highest BCUT2D eigenvalue weighted by molar-refractivity contribution is 5.73. The quantitative estimate of drug-likeness (QED) is 0.470. The van der Waals surface area contributed by atoms with Crippen LogP contribution >= 0.6 is 0 Å². The molecular formula is C9H14N2O2. The second kappa shape index (κ2) is 5.55. The van der Waals surface area contributed by atoms with Crippen molar-refractivity contribution >= 4 is 5.97 Å². The van der Waals surface area contributed by atoms with Crippen LogP contribution < -0.4 is 0 Å². The summed E-state index contributed by atoms with van der Waals surface area (Å²) in [4.78, 5) is 16.0. The number of rotatable bonds is 4. The van der Waals surface area contributed by atoms with Crippen LogP contribution in [0.25, 0.3) is 4.85 Å². The SMILES string of the molecule is [C-]#[N+]CC(=O)OCCN1CCCC1. The van der Waals surface area contributed by atoms with Gasteiger partial charge in [0.1, 0.15) is 6.61 Å². The summed E-state index contributed by atoms with van der Waals surface area (Å²) in [6.07, 6.45) is 2.49. The molecule has 0 atom stereocenters. The van der Waals surface area contributed by atoms with E-state index < -0.39 is 5.97 Å². The first-order valence-corrected chi connectivity index (χ1v) is 4.54. The Morgan fingerprint density at radius 2 is 2.15 bits per heavy atom. The Morgan fingerprint density at radius 1 is 1.46 bits per heavy atom. The van der Waals surface area contributed by atoms with E-state index in [2.05, 4.69) is 9.74 Å². The van der Waals surface area contributed by atoms with Crippen molar-refractivity contribution in [3.05, 3.63) is 11.4 Å². The molecule has 0 aromatic rings. The van der Waals surface area contributed by atoms with E-state index in [0.717, 1.165) is 19.6 Å². The lowest BCUT2D eigenvalue weighted by Gasteiger charge is -2.13. The van der Waals surface area contributed by atoms with Crippen LogP contribution in [0, 0.1) is 6.57 Å². The maximum Gasteiger partial charge on any atom is 0.387 e. The van der Waals surface area contributed by atoms with Crippen LogP contribution in [0.4, 0.5) is 0 Å². The maximum absolute atomic E-state index is 10.8. The zero-order valence-electron chi connectivity index (χ0n) is 7.66. The molecule has 0 saturated carbocycles. The van der Waals surface area contributed by atoms with Crippen LogP contribution in [0.2, 0.25) is 0 Å². The molecule has 13 heavy (non-hydrogen) atoms. The molecule has 0 amide bonds. The van der Waals surface area contributed by atoms with Crippen LogP contribution in [0.3, 0.4) is 0 Å². The van der Waals surface area contributed by atoms with Gasteiger partial charge in [0.25, 0.3) is 0 Å². The molecule has 72 valence electrons. The number of ether oxygens (including phenoxy) is 1. The zero-order chi connectivity index (χ0) is 9.52. The van der Waals surface area contributed by atoms with Crippen molar-refractivity contribution in [3.8, 4) is 0 Å². The van der Waals surface area contributed by atoms with Crippen LogP contribution in [0.5, 0.6) is 0 Å². The van der Waals surface area contributed by atoms with E-state index in [0.29, 0.717) is 6.61 Å². The molecule has 4 heteroatoms. The molecule has 0 aliphatic carbocycles. The van der Waals surface area contributed by atoms with E-state index >= 15 is 0 Å². The van der Waals surface area contributed by atoms with Crippen molar-refractivity contribution in [1.29, 1.82) is 0 Å². The molecule has 0 unspecified atom stereocenters. The molecule has 1 fully saturated rings. The first-order chi connectivity index (χ1) is 6.33. The lowest BCUT2D eigenvalue weighted by Crippen LogP contribution is -2.25. The van der Waals surface area contributed by atoms with Crippen LogP contribution in [-0.4, -0.2) is 43.7 Å². The minimum atomic E-state index is -0.408. The van der Waals surface area contributed by atoms with Crippen molar-refractivity contribution in [3.63, 3.8) is 0 Å². The predicted octanol–water partition coefficient (Wildman–Crippen LogP) is 0.545. The summed E-state index contributed by atoms with van der Waals surface area (Å²) < 4.78 is 4.85. The molecule has 1 saturated heterocycles. The minimum absolute atomic E-state index is 0.153. The van der Waals surface area contributed by atoms with Gasteiger partial charge in [0.2, 0.25) is 0 Å². The number of hydrogen-bond acceptors (Lipinski definition) is 3. The molecule has 0 radical (unpaired) electrons. The fourth-order valence-electron chi connectivity index (χ4n) is 1.41. The van der Waals surface area contributed by atoms with Gasteiger partial charge in [0.05, 0.1) is 0 Å². The van der Waals surface area contributed by atoms with Gasteiger partial charge in [-0.1, -0.05) is 0 Å². The van der Waals surface area contributed by atoms with E-state index in [1.54, 1.807) is 0 Å². The fraction of sp³-hybridized carbons (Fsp3) is 0.778. The third-order valence-corrected chi connectivity index (χ3v) is 2.08. The van der Waals surface area contributed by atoms with Crippen LogP contribution in [0.1, 0.15) is 12.8 Å². The van der Waals surface area contributed by atoms with Gasteiger partial charge in [-0.3, -0.25) is 4.90 Å². The van der Waals surface area contributed by atoms with Gasteiger partial charge in [0, 0.05) is 6.54 Å². The summed E-state index contributed by atoms with van der Waals surface area (Å²) in [6, 6.07) is 0. The average molecular weight is 182 g/mol. The van der Waals surface area contributed by atoms with Crippen molar-refractivity contribution in [2.45, 2.75) is 12.8 Å². The number of esters is 1. The third kappa shape index (κ3) is 3.90. The van der Waals surface area contributed by atoms with Gasteiger partial charge in [-0.2, -0.15) is 0 Å².